The van der Waals surface area contributed by atoms with Gasteiger partial charge in [0.25, 0.3) is 0 Å². The smallest absolute Gasteiger partial charge is 0.225 e. The molecule has 0 radical (unpaired) electrons. The van der Waals surface area contributed by atoms with Gasteiger partial charge in [0.15, 0.2) is 0 Å². The molecule has 7 nitrogen and oxygen atoms in total. The molecule has 2 N–H and O–H groups in total. The average Bonchev–Trinajstić information content (AvgIpc) is 3.55. The molecular formula is C21H28ClN5O2. The molecule has 0 aromatic carbocycles. The molecular weight excluding hydrogens is 390 g/mol. The maximum absolute atomic E-state index is 12.4. The van der Waals surface area contributed by atoms with Crippen LogP contribution in [0.5, 0.6) is 0 Å². The van der Waals surface area contributed by atoms with E-state index in [0.717, 1.165) is 57.1 Å². The van der Waals surface area contributed by atoms with E-state index >= 15 is 0 Å². The Morgan fingerprint density at radius 1 is 1.14 bits per heavy atom. The quantitative estimate of drug-likeness (QED) is 0.768. The van der Waals surface area contributed by atoms with E-state index in [2.05, 4.69) is 26.7 Å². The Morgan fingerprint density at radius 2 is 1.86 bits per heavy atom. The van der Waals surface area contributed by atoms with Crippen LogP contribution in [0.4, 0.5) is 5.95 Å². The Labute approximate surface area is 176 Å². The van der Waals surface area contributed by atoms with Crippen LogP contribution in [0.25, 0.3) is 5.57 Å². The molecule has 29 heavy (non-hydrogen) atoms. The number of halogens is 1. The number of aromatic nitrogens is 2. The maximum Gasteiger partial charge on any atom is 0.225 e. The van der Waals surface area contributed by atoms with Crippen molar-refractivity contribution in [2.75, 3.05) is 18.4 Å². The predicted molar refractivity (Wildman–Crippen MR) is 112 cm³/mol. The SMILES string of the molecule is CC(=O)N[C@H]1CC[C@H](Nc2ncc(Cl)c(C3=CCCN(C(=O)C4CC4)C3)n2)CC1. The minimum atomic E-state index is 0.0297. The van der Waals surface area contributed by atoms with Crippen LogP contribution >= 0.6 is 11.6 Å². The highest BCUT2D eigenvalue weighted by Crippen LogP contribution is 2.33. The number of amides is 2. The zero-order chi connectivity index (χ0) is 20.4. The summed E-state index contributed by atoms with van der Waals surface area (Å²) >= 11 is 6.40. The minimum Gasteiger partial charge on any atom is -0.354 e. The van der Waals surface area contributed by atoms with Gasteiger partial charge in [0.1, 0.15) is 0 Å². The van der Waals surface area contributed by atoms with E-state index in [9.17, 15) is 9.59 Å². The van der Waals surface area contributed by atoms with Gasteiger partial charge in [0.05, 0.1) is 16.9 Å². The van der Waals surface area contributed by atoms with Crippen LogP contribution in [0, 0.1) is 5.92 Å². The summed E-state index contributed by atoms with van der Waals surface area (Å²) in [6.07, 6.45) is 10.4. The first-order valence-electron chi connectivity index (χ1n) is 10.5. The first kappa shape index (κ1) is 20.1. The first-order valence-corrected chi connectivity index (χ1v) is 10.9. The summed E-state index contributed by atoms with van der Waals surface area (Å²) in [6.45, 7) is 2.89. The highest BCUT2D eigenvalue weighted by molar-refractivity contribution is 6.32. The Hall–Kier alpha value is -2.15. The van der Waals surface area contributed by atoms with Crippen molar-refractivity contribution >= 4 is 34.9 Å². The molecule has 1 aromatic rings. The lowest BCUT2D eigenvalue weighted by molar-refractivity contribution is -0.132. The summed E-state index contributed by atoms with van der Waals surface area (Å²) in [5.74, 6) is 1.08. The number of carbonyl (C=O) groups excluding carboxylic acids is 2. The van der Waals surface area contributed by atoms with E-state index in [1.165, 1.54) is 0 Å². The summed E-state index contributed by atoms with van der Waals surface area (Å²) in [6, 6.07) is 0.539. The summed E-state index contributed by atoms with van der Waals surface area (Å²) in [7, 11) is 0. The molecule has 0 saturated heterocycles. The molecule has 0 bridgehead atoms. The molecule has 3 aliphatic rings. The van der Waals surface area contributed by atoms with Gasteiger partial charge in [-0.3, -0.25) is 9.59 Å². The second kappa shape index (κ2) is 8.69. The minimum absolute atomic E-state index is 0.0297. The molecule has 2 aliphatic carbocycles. The lowest BCUT2D eigenvalue weighted by Crippen LogP contribution is -2.39. The number of carbonyl (C=O) groups is 2. The van der Waals surface area contributed by atoms with Crippen LogP contribution in [-0.2, 0) is 9.59 Å². The van der Waals surface area contributed by atoms with E-state index in [0.29, 0.717) is 23.2 Å². The Morgan fingerprint density at radius 3 is 2.55 bits per heavy atom. The van der Waals surface area contributed by atoms with Crippen molar-refractivity contribution in [1.29, 1.82) is 0 Å². The summed E-state index contributed by atoms with van der Waals surface area (Å²) < 4.78 is 0. The fraction of sp³-hybridized carbons (Fsp3) is 0.619. The summed E-state index contributed by atoms with van der Waals surface area (Å²) in [5.41, 5.74) is 1.71. The third-order valence-corrected chi connectivity index (χ3v) is 6.18. The molecule has 1 aliphatic heterocycles. The largest absolute Gasteiger partial charge is 0.354 e. The molecule has 0 atom stereocenters. The molecule has 4 rings (SSSR count). The van der Waals surface area contributed by atoms with Crippen molar-refractivity contribution in [3.8, 4) is 0 Å². The number of nitrogens with zero attached hydrogens (tertiary/aromatic N) is 3. The molecule has 0 spiro atoms. The molecule has 0 unspecified atom stereocenters. The van der Waals surface area contributed by atoms with Crippen molar-refractivity contribution in [1.82, 2.24) is 20.2 Å². The monoisotopic (exact) mass is 417 g/mol. The summed E-state index contributed by atoms with van der Waals surface area (Å²) in [4.78, 5) is 34.6. The van der Waals surface area contributed by atoms with Crippen LogP contribution in [0.2, 0.25) is 5.02 Å². The van der Waals surface area contributed by atoms with Crippen LogP contribution < -0.4 is 10.6 Å². The van der Waals surface area contributed by atoms with Crippen LogP contribution in [0.1, 0.15) is 57.6 Å². The average molecular weight is 418 g/mol. The van der Waals surface area contributed by atoms with Gasteiger partial charge in [-0.1, -0.05) is 17.7 Å². The molecule has 8 heteroatoms. The number of nitrogens with one attached hydrogen (secondary N) is 2. The fourth-order valence-corrected chi connectivity index (χ4v) is 4.42. The van der Waals surface area contributed by atoms with Crippen molar-refractivity contribution in [2.24, 2.45) is 5.92 Å². The Bertz CT molecular complexity index is 815. The highest BCUT2D eigenvalue weighted by Gasteiger charge is 2.34. The molecule has 156 valence electrons. The van der Waals surface area contributed by atoms with Crippen LogP contribution in [-0.4, -0.2) is 51.9 Å². The van der Waals surface area contributed by atoms with E-state index in [4.69, 9.17) is 11.6 Å². The second-order valence-corrected chi connectivity index (χ2v) is 8.74. The third kappa shape index (κ3) is 5.07. The van der Waals surface area contributed by atoms with Gasteiger partial charge in [-0.25, -0.2) is 9.97 Å². The van der Waals surface area contributed by atoms with Crippen LogP contribution in [0.15, 0.2) is 12.3 Å². The van der Waals surface area contributed by atoms with E-state index < -0.39 is 0 Å². The second-order valence-electron chi connectivity index (χ2n) is 8.34. The van der Waals surface area contributed by atoms with E-state index in [1.807, 2.05) is 4.90 Å². The van der Waals surface area contributed by atoms with Gasteiger partial charge in [0, 0.05) is 38.0 Å². The third-order valence-electron chi connectivity index (χ3n) is 5.91. The number of anilines is 1. The number of hydrogen-bond donors (Lipinski definition) is 2. The first-order chi connectivity index (χ1) is 14.0. The van der Waals surface area contributed by atoms with Crippen molar-refractivity contribution in [3.05, 3.63) is 23.0 Å². The normalized spacial score (nSPS) is 24.6. The summed E-state index contributed by atoms with van der Waals surface area (Å²) in [5, 5.41) is 6.93. The molecule has 2 saturated carbocycles. The van der Waals surface area contributed by atoms with Gasteiger partial charge in [-0.2, -0.15) is 0 Å². The molecule has 2 amide bonds. The van der Waals surface area contributed by atoms with Crippen LogP contribution in [0.3, 0.4) is 0 Å². The lowest BCUT2D eigenvalue weighted by atomic mass is 9.91. The predicted octanol–water partition coefficient (Wildman–Crippen LogP) is 3.01. The van der Waals surface area contributed by atoms with Gasteiger partial charge >= 0.3 is 0 Å². The maximum atomic E-state index is 12.4. The van der Waals surface area contributed by atoms with Crippen molar-refractivity contribution in [2.45, 2.75) is 64.0 Å². The highest BCUT2D eigenvalue weighted by atomic mass is 35.5. The molecule has 1 aromatic heterocycles. The van der Waals surface area contributed by atoms with E-state index in [-0.39, 0.29) is 29.8 Å². The van der Waals surface area contributed by atoms with Gasteiger partial charge in [-0.05, 0) is 50.5 Å². The van der Waals surface area contributed by atoms with E-state index in [1.54, 1.807) is 13.1 Å². The standard InChI is InChI=1S/C21H28ClN5O2/c1-13(28)24-16-6-8-17(9-7-16)25-21-23-11-18(22)19(26-21)15-3-2-10-27(12-15)20(29)14-4-5-14/h3,11,14,16-17H,2,4-10,12H2,1H3,(H,24,28)(H,23,25,26)/t16-,17-. The molecule has 2 fully saturated rings. The Balaban J connectivity index is 1.39. The number of hydrogen-bond acceptors (Lipinski definition) is 5. The lowest BCUT2D eigenvalue weighted by Gasteiger charge is -2.30. The zero-order valence-corrected chi connectivity index (χ0v) is 17.5. The zero-order valence-electron chi connectivity index (χ0n) is 16.8. The fourth-order valence-electron chi connectivity index (χ4n) is 4.21. The number of rotatable bonds is 5. The van der Waals surface area contributed by atoms with Crippen molar-refractivity contribution in [3.63, 3.8) is 0 Å². The van der Waals surface area contributed by atoms with Gasteiger partial charge in [0.2, 0.25) is 17.8 Å². The molecule has 2 heterocycles. The van der Waals surface area contributed by atoms with Gasteiger partial charge in [-0.15, -0.1) is 0 Å². The Kier molecular flexibility index (Phi) is 6.04. The van der Waals surface area contributed by atoms with Gasteiger partial charge < -0.3 is 15.5 Å². The topological polar surface area (TPSA) is 87.2 Å². The van der Waals surface area contributed by atoms with Crippen molar-refractivity contribution < 1.29 is 9.59 Å².